The Hall–Kier alpha value is -8.31. The third kappa shape index (κ3) is 34.3. The van der Waals surface area contributed by atoms with Crippen LogP contribution in [-0.2, 0) is 138 Å². The minimum absolute atomic E-state index is 0.0371. The van der Waals surface area contributed by atoms with Crippen molar-refractivity contribution in [3.05, 3.63) is 60.5 Å². The van der Waals surface area contributed by atoms with Gasteiger partial charge in [-0.25, -0.2) is 14.1 Å². The summed E-state index contributed by atoms with van der Waals surface area (Å²) in [6.07, 6.45) is -9.54. The molecule has 4 aromatic rings. The zero-order chi connectivity index (χ0) is 97.0. The number of hydrogen-bond donors (Lipinski definition) is 14. The molecule has 2 aromatic heterocycles. The fourth-order valence-electron chi connectivity index (χ4n) is 14.6. The predicted octanol–water partition coefficient (Wildman–Crippen LogP) is -3.78. The molecule has 136 heavy (non-hydrogen) atoms. The number of hydrogen-bond acceptors (Lipinski definition) is 40. The van der Waals surface area contributed by atoms with Crippen LogP contribution in [0.25, 0.3) is 28.0 Å². The molecule has 7 amide bonds. The minimum atomic E-state index is -1.80. The molecule has 764 valence electrons. The summed E-state index contributed by atoms with van der Waals surface area (Å²) in [5, 5.41) is 102. The first-order valence-corrected chi connectivity index (χ1v) is 45.7. The largest absolute Gasteiger partial charge is 0.505 e. The summed E-state index contributed by atoms with van der Waals surface area (Å²) in [6.45, 7) is 7.91. The fraction of sp³-hybridized carbons (Fsp3) is 0.724. The summed E-state index contributed by atoms with van der Waals surface area (Å²) in [5.41, 5.74) is -2.22. The minimum Gasteiger partial charge on any atom is -0.505 e. The molecule has 6 bridgehead atoms. The first-order chi connectivity index (χ1) is 65.9. The van der Waals surface area contributed by atoms with Crippen LogP contribution in [0.15, 0.2) is 54.7 Å². The zero-order valence-electron chi connectivity index (χ0n) is 76.8. The third-order valence-corrected chi connectivity index (χ3v) is 22.2. The number of aliphatic hydroxyl groups is 6. The number of pyridine rings is 1. The number of aliphatic hydroxyl groups excluding tert-OH is 6. The number of carbonyl (C=O) groups is 7. The SMILES string of the molecule is CCC(=O)N[C@H]1[C@H]2OC[C@](COCCOCCOCCOCCNC(=O)CCOCC(COCCC(=O)NCCOCCOCCOCCOC[C@@]34CO[C@@H](O3)[C@H](NC(=O)CC)[C@@H](O)[C@H]4O)(COCCC(=O)NCCOCCOCCOCCOC[C@@]34OO[C@@H](O3)[C@H](NC(=O)CC)[C@@H](O)[C@H]4O)NC(=O)CCCOc3ccc4nc(-c5cn(-c6ccc(O)c(F)c6)nn5)ccc4c3)(O2)[C@H](O)[C@@H]1O. The highest BCUT2D eigenvalue weighted by Gasteiger charge is 2.63. The van der Waals surface area contributed by atoms with Crippen LogP contribution in [0.3, 0.4) is 0 Å². The number of phenolic OH excluding ortho intramolecular Hbond substituents is 1. The van der Waals surface area contributed by atoms with Crippen LogP contribution in [0, 0.1) is 5.82 Å². The Morgan fingerprint density at radius 2 is 0.875 bits per heavy atom. The highest BCUT2D eigenvalue weighted by molar-refractivity contribution is 5.83. The van der Waals surface area contributed by atoms with Crippen molar-refractivity contribution in [1.82, 2.24) is 57.2 Å². The van der Waals surface area contributed by atoms with Gasteiger partial charge in [0.1, 0.15) is 89.5 Å². The van der Waals surface area contributed by atoms with Crippen LogP contribution in [0.2, 0.25) is 0 Å². The van der Waals surface area contributed by atoms with Crippen LogP contribution in [0.5, 0.6) is 11.5 Å². The molecule has 14 N–H and O–H groups in total. The lowest BCUT2D eigenvalue weighted by Crippen LogP contribution is -2.66. The van der Waals surface area contributed by atoms with Crippen LogP contribution < -0.4 is 42.0 Å². The second-order valence-electron chi connectivity index (χ2n) is 32.5. The molecule has 6 aliphatic rings. The van der Waals surface area contributed by atoms with Crippen molar-refractivity contribution in [2.75, 3.05) is 238 Å². The molecule has 10 rings (SSSR count). The number of fused-ring (bicyclic) bond motifs is 7. The molecular formula is C87H132FN11O37. The normalized spacial score (nSPS) is 24.7. The van der Waals surface area contributed by atoms with E-state index >= 15 is 0 Å². The Balaban J connectivity index is 0.645. The van der Waals surface area contributed by atoms with Gasteiger partial charge in [-0.3, -0.25) is 33.6 Å². The fourth-order valence-corrected chi connectivity index (χ4v) is 14.6. The van der Waals surface area contributed by atoms with Gasteiger partial charge >= 0.3 is 0 Å². The topological polar surface area (TPSA) is 601 Å². The zero-order valence-corrected chi connectivity index (χ0v) is 76.8. The number of rotatable bonds is 71. The Kier molecular flexibility index (Phi) is 46.8. The maximum absolute atomic E-state index is 14.2. The third-order valence-electron chi connectivity index (χ3n) is 22.2. The van der Waals surface area contributed by atoms with Crippen molar-refractivity contribution < 1.29 is 183 Å². The summed E-state index contributed by atoms with van der Waals surface area (Å²) in [7, 11) is 0. The lowest BCUT2D eigenvalue weighted by atomic mass is 9.88. The molecule has 0 unspecified atom stereocenters. The number of phenols is 1. The van der Waals surface area contributed by atoms with Gasteiger partial charge < -0.3 is 172 Å². The molecular weight excluding hydrogens is 1810 g/mol. The van der Waals surface area contributed by atoms with E-state index < -0.39 is 114 Å². The van der Waals surface area contributed by atoms with E-state index in [1.807, 2.05) is 6.07 Å². The van der Waals surface area contributed by atoms with Crippen molar-refractivity contribution in [2.45, 2.75) is 168 Å². The number of amides is 7. The van der Waals surface area contributed by atoms with Gasteiger partial charge in [0.2, 0.25) is 47.6 Å². The lowest BCUT2D eigenvalue weighted by molar-refractivity contribution is -0.358. The molecule has 6 aliphatic heterocycles. The Morgan fingerprint density at radius 1 is 0.449 bits per heavy atom. The molecule has 48 nitrogen and oxygen atoms in total. The van der Waals surface area contributed by atoms with Crippen molar-refractivity contribution in [3.63, 3.8) is 0 Å². The van der Waals surface area contributed by atoms with Crippen molar-refractivity contribution in [3.8, 4) is 28.6 Å². The molecule has 0 spiro atoms. The van der Waals surface area contributed by atoms with E-state index in [0.717, 1.165) is 11.5 Å². The van der Waals surface area contributed by atoms with E-state index in [4.69, 9.17) is 114 Å². The van der Waals surface area contributed by atoms with E-state index in [1.54, 1.807) is 51.2 Å². The van der Waals surface area contributed by atoms with Gasteiger partial charge in [0.05, 0.1) is 235 Å². The number of ether oxygens (including phenoxy) is 21. The van der Waals surface area contributed by atoms with Gasteiger partial charge in [-0.2, -0.15) is 9.78 Å². The molecule has 6 saturated heterocycles. The van der Waals surface area contributed by atoms with Crippen molar-refractivity contribution >= 4 is 52.3 Å². The highest BCUT2D eigenvalue weighted by Crippen LogP contribution is 2.41. The highest BCUT2D eigenvalue weighted by atomic mass is 19.1. The molecule has 8 heterocycles. The standard InChI is InChI=1S/C87H132FN11O37/c1-4-65(101)93-72-75(108)78(111)85(54-130-81(72)132-85)52-126-43-40-120-37-34-117-31-28-114-25-18-89-68(104)15-22-123-49-84(96-71(107)8-7-21-129-59-11-13-61-57(46-59)9-12-62(92-61)63-48-99(98-97-63)58-10-14-64(100)60(88)47-58,50-124-23-16-69(105)90-19-26-115-29-32-118-35-38-121-41-44-127-53-86-55-131-82(133-86)73(76(109)79(86)112)94-66(102)5-2)51-125-24-17-70(106)91-20-27-116-30-33-119-36-39-122-42-45-128-56-87-80(113)77(110)74(95-67(103)6-3)83(134-87)135-136-87/h9-14,46-48,72-83,100,108-113H,4-8,15-45,49-56H2,1-3H3,(H,89,104)(H,90,105)(H,91,106)(H,93,101)(H,94,102)(H,95,103)(H,96,107)/t72-,73-,74-,75-,76-,77-,78-,79-,80-,81+,82+,83-,85+,86+,87+/m1/s1. The lowest BCUT2D eigenvalue weighted by Gasteiger charge is -2.42. The second kappa shape index (κ2) is 58.0. The maximum Gasteiger partial charge on any atom is 0.256 e. The Morgan fingerprint density at radius 3 is 1.32 bits per heavy atom. The molecule has 6 fully saturated rings. The van der Waals surface area contributed by atoms with E-state index in [2.05, 4.69) is 47.5 Å². The molecule has 15 atom stereocenters. The molecule has 0 aliphatic carbocycles. The summed E-state index contributed by atoms with van der Waals surface area (Å²) >= 11 is 0. The molecule has 2 aromatic carbocycles. The Labute approximate surface area is 784 Å². The Bertz CT molecular complexity index is 4020. The number of nitrogens with one attached hydrogen (secondary N) is 7. The van der Waals surface area contributed by atoms with Crippen LogP contribution >= 0.6 is 0 Å². The van der Waals surface area contributed by atoms with Crippen LogP contribution in [0.4, 0.5) is 4.39 Å². The van der Waals surface area contributed by atoms with Gasteiger partial charge in [0.15, 0.2) is 24.1 Å². The van der Waals surface area contributed by atoms with Gasteiger partial charge in [-0.15, -0.1) is 5.10 Å². The summed E-state index contributed by atoms with van der Waals surface area (Å²) in [4.78, 5) is 105. The number of benzene rings is 2. The maximum atomic E-state index is 14.2. The van der Waals surface area contributed by atoms with Gasteiger partial charge in [0.25, 0.3) is 5.79 Å². The van der Waals surface area contributed by atoms with Gasteiger partial charge in [-0.1, -0.05) is 32.1 Å². The van der Waals surface area contributed by atoms with Gasteiger partial charge in [-0.05, 0) is 42.8 Å². The number of halogens is 1. The quantitative estimate of drug-likeness (QED) is 0.0149. The molecule has 0 saturated carbocycles. The van der Waals surface area contributed by atoms with Gasteiger partial charge in [0, 0.05) is 76.0 Å². The first-order valence-electron chi connectivity index (χ1n) is 45.7. The van der Waals surface area contributed by atoms with E-state index in [9.17, 15) is 73.7 Å². The average Bonchev–Trinajstić information content (AvgIpc) is 1.61. The van der Waals surface area contributed by atoms with Crippen LogP contribution in [0.1, 0.15) is 72.1 Å². The van der Waals surface area contributed by atoms with Crippen LogP contribution in [-0.4, -0.2) is 431 Å². The van der Waals surface area contributed by atoms with E-state index in [-0.39, 0.29) is 324 Å². The monoisotopic (exact) mass is 1940 g/mol. The van der Waals surface area contributed by atoms with Crippen molar-refractivity contribution in [1.29, 1.82) is 0 Å². The summed E-state index contributed by atoms with van der Waals surface area (Å²) in [5.74, 6) is -5.22. The molecule has 0 radical (unpaired) electrons. The molecule has 49 heteroatoms. The number of nitrogens with zero attached hydrogens (tertiary/aromatic N) is 4. The number of aromatic hydroxyl groups is 1. The smallest absolute Gasteiger partial charge is 0.256 e. The first kappa shape index (κ1) is 110. The van der Waals surface area contributed by atoms with E-state index in [1.165, 1.54) is 16.8 Å². The number of carbonyl (C=O) groups excluding carboxylic acids is 7. The summed E-state index contributed by atoms with van der Waals surface area (Å²) in [6, 6.07) is 9.77. The average molecular weight is 1940 g/mol. The predicted molar refractivity (Wildman–Crippen MR) is 464 cm³/mol. The second-order valence-corrected chi connectivity index (χ2v) is 32.5. The van der Waals surface area contributed by atoms with E-state index in [0.29, 0.717) is 28.3 Å². The van der Waals surface area contributed by atoms with Crippen molar-refractivity contribution in [2.24, 2.45) is 0 Å². The summed E-state index contributed by atoms with van der Waals surface area (Å²) < 4.78 is 136. The number of aromatic nitrogens is 4.